The first-order chi connectivity index (χ1) is 6.01. The van der Waals surface area contributed by atoms with Crippen LogP contribution in [0.15, 0.2) is 11.8 Å². The van der Waals surface area contributed by atoms with Gasteiger partial charge in [-0.3, -0.25) is 0 Å². The third kappa shape index (κ3) is 3.96. The second-order valence-electron chi connectivity index (χ2n) is 4.52. The maximum atomic E-state index is 5.92. The van der Waals surface area contributed by atoms with Gasteiger partial charge in [-0.05, 0) is 38.6 Å². The molecule has 3 heteroatoms. The Morgan fingerprint density at radius 2 is 2.08 bits per heavy atom. The number of rotatable bonds is 3. The van der Waals surface area contributed by atoms with Gasteiger partial charge in [-0.2, -0.15) is 0 Å². The highest BCUT2D eigenvalue weighted by atomic mass is 28.4. The third-order valence-electron chi connectivity index (χ3n) is 2.09. The zero-order valence-electron chi connectivity index (χ0n) is 9.09. The maximum Gasteiger partial charge on any atom is 0.241 e. The van der Waals surface area contributed by atoms with E-state index < -0.39 is 8.32 Å². The summed E-state index contributed by atoms with van der Waals surface area (Å²) in [6.07, 6.45) is 5.76. The molecule has 0 bridgehead atoms. The van der Waals surface area contributed by atoms with E-state index >= 15 is 0 Å². The molecule has 0 N–H and O–H groups in total. The van der Waals surface area contributed by atoms with E-state index in [1.807, 2.05) is 0 Å². The molecule has 0 amide bonds. The minimum atomic E-state index is -1.39. The molecule has 0 aromatic heterocycles. The topological polar surface area (TPSA) is 18.5 Å². The van der Waals surface area contributed by atoms with E-state index in [4.69, 9.17) is 9.16 Å². The van der Waals surface area contributed by atoms with E-state index in [0.29, 0.717) is 6.10 Å². The van der Waals surface area contributed by atoms with E-state index in [1.54, 1.807) is 7.11 Å². The number of hydrogen-bond donors (Lipinski definition) is 0. The predicted octanol–water partition coefficient (Wildman–Crippen LogP) is 2.92. The monoisotopic (exact) mass is 200 g/mol. The Kier molecular flexibility index (Phi) is 3.56. The standard InChI is InChI=1S/C10H20O2Si/c1-11-9-5-7-10(8-6-9)12-13(2,3)4/h7,9H,5-6,8H2,1-4H3. The molecular weight excluding hydrogens is 180 g/mol. The van der Waals surface area contributed by atoms with Crippen molar-refractivity contribution in [2.24, 2.45) is 0 Å². The Morgan fingerprint density at radius 3 is 2.46 bits per heavy atom. The van der Waals surface area contributed by atoms with Gasteiger partial charge in [-0.15, -0.1) is 0 Å². The molecule has 1 rings (SSSR count). The van der Waals surface area contributed by atoms with Crippen LogP contribution < -0.4 is 0 Å². The van der Waals surface area contributed by atoms with Crippen molar-refractivity contribution < 1.29 is 9.16 Å². The zero-order chi connectivity index (χ0) is 9.90. The summed E-state index contributed by atoms with van der Waals surface area (Å²) < 4.78 is 11.2. The minimum Gasteiger partial charge on any atom is -0.548 e. The van der Waals surface area contributed by atoms with Crippen LogP contribution in [0.1, 0.15) is 19.3 Å². The summed E-state index contributed by atoms with van der Waals surface area (Å²) in [5.74, 6) is 1.19. The molecular formula is C10H20O2Si. The number of methoxy groups -OCH3 is 1. The van der Waals surface area contributed by atoms with Crippen LogP contribution in [0.25, 0.3) is 0 Å². The fourth-order valence-corrected chi connectivity index (χ4v) is 2.46. The highest BCUT2D eigenvalue weighted by Gasteiger charge is 2.20. The van der Waals surface area contributed by atoms with Gasteiger partial charge in [0.25, 0.3) is 0 Å². The Hall–Kier alpha value is -0.283. The number of allylic oxidation sites excluding steroid dienone is 1. The molecule has 2 nitrogen and oxygen atoms in total. The SMILES string of the molecule is COC1CC=C(O[Si](C)(C)C)CC1. The van der Waals surface area contributed by atoms with Crippen molar-refractivity contribution in [1.82, 2.24) is 0 Å². The average Bonchev–Trinajstić information content (AvgIpc) is 2.03. The van der Waals surface area contributed by atoms with Gasteiger partial charge < -0.3 is 9.16 Å². The Balaban J connectivity index is 2.42. The molecule has 0 saturated heterocycles. The summed E-state index contributed by atoms with van der Waals surface area (Å²) >= 11 is 0. The van der Waals surface area contributed by atoms with E-state index in [0.717, 1.165) is 19.3 Å². The van der Waals surface area contributed by atoms with E-state index in [-0.39, 0.29) is 0 Å². The highest BCUT2D eigenvalue weighted by Crippen LogP contribution is 2.23. The third-order valence-corrected chi connectivity index (χ3v) is 2.97. The molecule has 1 unspecified atom stereocenters. The first-order valence-electron chi connectivity index (χ1n) is 4.92. The zero-order valence-corrected chi connectivity index (χ0v) is 10.1. The van der Waals surface area contributed by atoms with Crippen LogP contribution >= 0.6 is 0 Å². The predicted molar refractivity (Wildman–Crippen MR) is 57.2 cm³/mol. The summed E-state index contributed by atoms with van der Waals surface area (Å²) in [7, 11) is 0.395. The quantitative estimate of drug-likeness (QED) is 0.652. The van der Waals surface area contributed by atoms with Gasteiger partial charge in [0.15, 0.2) is 0 Å². The average molecular weight is 200 g/mol. The Labute approximate surface area is 82.1 Å². The minimum absolute atomic E-state index is 0.411. The first kappa shape index (κ1) is 10.8. The fourth-order valence-electron chi connectivity index (χ4n) is 1.49. The summed E-state index contributed by atoms with van der Waals surface area (Å²) in [6.45, 7) is 6.66. The molecule has 1 aliphatic carbocycles. The summed E-state index contributed by atoms with van der Waals surface area (Å²) in [5.41, 5.74) is 0. The fraction of sp³-hybridized carbons (Fsp3) is 0.800. The van der Waals surface area contributed by atoms with Crippen LogP contribution in [0, 0.1) is 0 Å². The summed E-state index contributed by atoms with van der Waals surface area (Å²) in [4.78, 5) is 0. The lowest BCUT2D eigenvalue weighted by atomic mass is 10.0. The van der Waals surface area contributed by atoms with Crippen molar-refractivity contribution in [3.63, 3.8) is 0 Å². The molecule has 0 aromatic carbocycles. The van der Waals surface area contributed by atoms with Crippen LogP contribution in [0.4, 0.5) is 0 Å². The molecule has 1 aliphatic rings. The van der Waals surface area contributed by atoms with Gasteiger partial charge in [0.2, 0.25) is 8.32 Å². The van der Waals surface area contributed by atoms with Crippen LogP contribution in [-0.2, 0) is 9.16 Å². The van der Waals surface area contributed by atoms with Crippen LogP contribution in [-0.4, -0.2) is 21.5 Å². The molecule has 13 heavy (non-hydrogen) atoms. The molecule has 76 valence electrons. The molecule has 0 fully saturated rings. The van der Waals surface area contributed by atoms with Gasteiger partial charge in [-0.25, -0.2) is 0 Å². The Morgan fingerprint density at radius 1 is 1.38 bits per heavy atom. The number of hydrogen-bond acceptors (Lipinski definition) is 2. The molecule has 1 atom stereocenters. The Bertz CT molecular complexity index is 194. The van der Waals surface area contributed by atoms with Gasteiger partial charge in [0.05, 0.1) is 11.9 Å². The van der Waals surface area contributed by atoms with Crippen LogP contribution in [0.3, 0.4) is 0 Å². The van der Waals surface area contributed by atoms with Crippen molar-refractivity contribution in [1.29, 1.82) is 0 Å². The van der Waals surface area contributed by atoms with Gasteiger partial charge in [0.1, 0.15) is 0 Å². The lowest BCUT2D eigenvalue weighted by Crippen LogP contribution is -2.26. The van der Waals surface area contributed by atoms with Crippen molar-refractivity contribution >= 4 is 8.32 Å². The largest absolute Gasteiger partial charge is 0.548 e. The number of ether oxygens (including phenoxy) is 1. The second kappa shape index (κ2) is 4.29. The second-order valence-corrected chi connectivity index (χ2v) is 8.95. The van der Waals surface area contributed by atoms with Crippen LogP contribution in [0.2, 0.25) is 19.6 Å². The van der Waals surface area contributed by atoms with E-state index in [1.165, 1.54) is 5.76 Å². The molecule has 0 heterocycles. The summed E-state index contributed by atoms with van der Waals surface area (Å²) in [6, 6.07) is 0. The van der Waals surface area contributed by atoms with Crippen molar-refractivity contribution in [3.8, 4) is 0 Å². The smallest absolute Gasteiger partial charge is 0.241 e. The molecule has 0 aliphatic heterocycles. The van der Waals surface area contributed by atoms with Gasteiger partial charge in [0, 0.05) is 13.5 Å². The normalized spacial score (nSPS) is 24.0. The van der Waals surface area contributed by atoms with E-state index in [9.17, 15) is 0 Å². The molecule has 0 spiro atoms. The first-order valence-corrected chi connectivity index (χ1v) is 8.33. The van der Waals surface area contributed by atoms with Crippen LogP contribution in [0.5, 0.6) is 0 Å². The van der Waals surface area contributed by atoms with Gasteiger partial charge >= 0.3 is 0 Å². The molecule has 0 saturated carbocycles. The van der Waals surface area contributed by atoms with Gasteiger partial charge in [-0.1, -0.05) is 0 Å². The van der Waals surface area contributed by atoms with Crippen molar-refractivity contribution in [2.45, 2.75) is 45.0 Å². The van der Waals surface area contributed by atoms with Crippen molar-refractivity contribution in [3.05, 3.63) is 11.8 Å². The van der Waals surface area contributed by atoms with Crippen molar-refractivity contribution in [2.75, 3.05) is 7.11 Å². The summed E-state index contributed by atoms with van der Waals surface area (Å²) in [5, 5.41) is 0. The lowest BCUT2D eigenvalue weighted by molar-refractivity contribution is 0.0890. The van der Waals surface area contributed by atoms with E-state index in [2.05, 4.69) is 25.7 Å². The maximum absolute atomic E-state index is 5.92. The lowest BCUT2D eigenvalue weighted by Gasteiger charge is -2.26. The molecule has 0 radical (unpaired) electrons. The molecule has 0 aromatic rings. The highest BCUT2D eigenvalue weighted by molar-refractivity contribution is 6.70.